The van der Waals surface area contributed by atoms with Gasteiger partial charge in [-0.15, -0.1) is 0 Å². The van der Waals surface area contributed by atoms with Gasteiger partial charge in [-0.1, -0.05) is 11.6 Å². The second-order valence-electron chi connectivity index (χ2n) is 2.61. The van der Waals surface area contributed by atoms with Crippen molar-refractivity contribution in [1.29, 1.82) is 0 Å². The van der Waals surface area contributed by atoms with Gasteiger partial charge in [-0.25, -0.2) is 9.97 Å². The van der Waals surface area contributed by atoms with Crippen LogP contribution in [0.3, 0.4) is 0 Å². The molecule has 0 atom stereocenters. The maximum Gasteiger partial charge on any atom is 0.182 e. The van der Waals surface area contributed by atoms with Gasteiger partial charge in [0.1, 0.15) is 11.5 Å². The summed E-state index contributed by atoms with van der Waals surface area (Å²) in [7, 11) is 1.82. The molecular weight excluding hydrogens is 188 g/mol. The van der Waals surface area contributed by atoms with E-state index < -0.39 is 0 Å². The number of hydrogen-bond acceptors (Lipinski definition) is 3. The minimum Gasteiger partial charge on any atom is -0.255 e. The molecule has 66 valence electrons. The van der Waals surface area contributed by atoms with Crippen LogP contribution in [-0.2, 0) is 7.05 Å². The molecule has 4 nitrogen and oxygen atoms in total. The van der Waals surface area contributed by atoms with E-state index >= 15 is 0 Å². The third-order valence-electron chi connectivity index (χ3n) is 1.59. The van der Waals surface area contributed by atoms with Gasteiger partial charge in [-0.05, 0) is 12.1 Å². The van der Waals surface area contributed by atoms with E-state index in [2.05, 4.69) is 15.1 Å². The third-order valence-corrected chi connectivity index (χ3v) is 1.81. The Hall–Kier alpha value is -1.42. The lowest BCUT2D eigenvalue weighted by Crippen LogP contribution is -1.88. The second kappa shape index (κ2) is 3.14. The van der Waals surface area contributed by atoms with Crippen LogP contribution in [0.2, 0.25) is 5.15 Å². The molecule has 2 aromatic heterocycles. The van der Waals surface area contributed by atoms with Crippen molar-refractivity contribution in [3.63, 3.8) is 0 Å². The minimum atomic E-state index is 0.472. The molecule has 0 fully saturated rings. The molecule has 0 radical (unpaired) electrons. The summed E-state index contributed by atoms with van der Waals surface area (Å²) in [5.41, 5.74) is 0.866. The van der Waals surface area contributed by atoms with Crippen LogP contribution in [0.5, 0.6) is 0 Å². The van der Waals surface area contributed by atoms with Gasteiger partial charge in [0, 0.05) is 18.8 Å². The summed E-state index contributed by atoms with van der Waals surface area (Å²) < 4.78 is 1.64. The van der Waals surface area contributed by atoms with Gasteiger partial charge in [0.2, 0.25) is 0 Å². The summed E-state index contributed by atoms with van der Waals surface area (Å²) in [4.78, 5) is 8.03. The zero-order chi connectivity index (χ0) is 9.26. The molecule has 5 heteroatoms. The first-order chi connectivity index (χ1) is 6.25. The number of rotatable bonds is 1. The van der Waals surface area contributed by atoms with Crippen molar-refractivity contribution >= 4 is 11.6 Å². The van der Waals surface area contributed by atoms with Crippen LogP contribution >= 0.6 is 11.6 Å². The number of hydrogen-bond donors (Lipinski definition) is 0. The predicted octanol–water partition coefficient (Wildman–Crippen LogP) is 1.53. The van der Waals surface area contributed by atoms with Crippen molar-refractivity contribution in [1.82, 2.24) is 19.7 Å². The molecule has 0 unspecified atom stereocenters. The number of aryl methyl sites for hydroxylation is 1. The average Bonchev–Trinajstić information content (AvgIpc) is 2.53. The molecule has 2 rings (SSSR count). The van der Waals surface area contributed by atoms with E-state index in [1.54, 1.807) is 23.3 Å². The van der Waals surface area contributed by atoms with Crippen LogP contribution in [0.15, 0.2) is 24.7 Å². The Balaban J connectivity index is 2.41. The minimum absolute atomic E-state index is 0.472. The Morgan fingerprint density at radius 3 is 2.69 bits per heavy atom. The molecule has 13 heavy (non-hydrogen) atoms. The second-order valence-corrected chi connectivity index (χ2v) is 3.00. The molecule has 0 aliphatic heterocycles. The van der Waals surface area contributed by atoms with Gasteiger partial charge in [0.15, 0.2) is 5.82 Å². The molecule has 0 aromatic carbocycles. The highest BCUT2D eigenvalue weighted by Gasteiger charge is 2.02. The van der Waals surface area contributed by atoms with E-state index in [1.807, 2.05) is 13.1 Å². The zero-order valence-electron chi connectivity index (χ0n) is 6.98. The summed E-state index contributed by atoms with van der Waals surface area (Å²) in [5.74, 6) is 0.659. The fraction of sp³-hybridized carbons (Fsp3) is 0.125. The molecule has 0 N–H and O–H groups in total. The summed E-state index contributed by atoms with van der Waals surface area (Å²) in [6.45, 7) is 0. The average molecular weight is 195 g/mol. The zero-order valence-corrected chi connectivity index (χ0v) is 7.73. The van der Waals surface area contributed by atoms with Crippen molar-refractivity contribution in [2.45, 2.75) is 0 Å². The molecule has 0 saturated heterocycles. The molecule has 0 aliphatic carbocycles. The monoisotopic (exact) mass is 194 g/mol. The van der Waals surface area contributed by atoms with E-state index in [9.17, 15) is 0 Å². The Bertz CT molecular complexity index is 406. The Morgan fingerprint density at radius 2 is 2.15 bits per heavy atom. The molecule has 0 aliphatic rings. The highest BCUT2D eigenvalue weighted by atomic mass is 35.5. The van der Waals surface area contributed by atoms with E-state index in [0.717, 1.165) is 5.56 Å². The van der Waals surface area contributed by atoms with E-state index in [-0.39, 0.29) is 0 Å². The van der Waals surface area contributed by atoms with Crippen LogP contribution in [0, 0.1) is 0 Å². The highest BCUT2D eigenvalue weighted by molar-refractivity contribution is 6.29. The van der Waals surface area contributed by atoms with E-state index in [0.29, 0.717) is 11.0 Å². The van der Waals surface area contributed by atoms with Gasteiger partial charge in [0.25, 0.3) is 0 Å². The van der Waals surface area contributed by atoms with Crippen molar-refractivity contribution in [2.24, 2.45) is 7.05 Å². The van der Waals surface area contributed by atoms with Crippen molar-refractivity contribution in [3.8, 4) is 11.4 Å². The van der Waals surface area contributed by atoms with Gasteiger partial charge in [0.05, 0.1) is 0 Å². The molecule has 2 aromatic rings. The normalized spacial score (nSPS) is 10.3. The van der Waals surface area contributed by atoms with E-state index in [1.165, 1.54) is 0 Å². The van der Waals surface area contributed by atoms with Crippen LogP contribution < -0.4 is 0 Å². The van der Waals surface area contributed by atoms with Gasteiger partial charge < -0.3 is 0 Å². The fourth-order valence-corrected chi connectivity index (χ4v) is 1.09. The van der Waals surface area contributed by atoms with Crippen LogP contribution in [-0.4, -0.2) is 19.7 Å². The predicted molar refractivity (Wildman–Crippen MR) is 49.2 cm³/mol. The first kappa shape index (κ1) is 8.19. The van der Waals surface area contributed by atoms with Crippen molar-refractivity contribution < 1.29 is 0 Å². The summed E-state index contributed by atoms with van der Waals surface area (Å²) in [6.07, 6.45) is 3.29. The number of nitrogens with zero attached hydrogens (tertiary/aromatic N) is 4. The standard InChI is InChI=1S/C8H7ClN4/c1-13-5-11-8(12-13)6-2-3-7(9)10-4-6/h2-5H,1H3. The number of pyridine rings is 1. The largest absolute Gasteiger partial charge is 0.255 e. The van der Waals surface area contributed by atoms with Crippen molar-refractivity contribution in [2.75, 3.05) is 0 Å². The molecular formula is C8H7ClN4. The van der Waals surface area contributed by atoms with Crippen molar-refractivity contribution in [3.05, 3.63) is 29.8 Å². The molecule has 0 amide bonds. The van der Waals surface area contributed by atoms with Crippen LogP contribution in [0.1, 0.15) is 0 Å². The SMILES string of the molecule is Cn1cnc(-c2ccc(Cl)nc2)n1. The van der Waals surface area contributed by atoms with Gasteiger partial charge >= 0.3 is 0 Å². The summed E-state index contributed by atoms with van der Waals surface area (Å²) in [6, 6.07) is 3.55. The maximum atomic E-state index is 5.65. The lowest BCUT2D eigenvalue weighted by Gasteiger charge is -1.93. The van der Waals surface area contributed by atoms with Gasteiger partial charge in [-0.3, -0.25) is 4.68 Å². The molecule has 0 saturated carbocycles. The van der Waals surface area contributed by atoms with Gasteiger partial charge in [-0.2, -0.15) is 5.10 Å². The lowest BCUT2D eigenvalue weighted by molar-refractivity contribution is 0.768. The third kappa shape index (κ3) is 1.67. The first-order valence-electron chi connectivity index (χ1n) is 3.73. The number of halogens is 1. The number of aromatic nitrogens is 4. The first-order valence-corrected chi connectivity index (χ1v) is 4.11. The highest BCUT2D eigenvalue weighted by Crippen LogP contribution is 2.14. The molecule has 0 spiro atoms. The molecule has 0 bridgehead atoms. The Kier molecular flexibility index (Phi) is 1.98. The smallest absolute Gasteiger partial charge is 0.182 e. The quantitative estimate of drug-likeness (QED) is 0.647. The summed E-state index contributed by atoms with van der Waals surface area (Å²) >= 11 is 5.65. The summed E-state index contributed by atoms with van der Waals surface area (Å²) in [5, 5.41) is 4.60. The fourth-order valence-electron chi connectivity index (χ4n) is 0.980. The Labute approximate surface area is 80.2 Å². The topological polar surface area (TPSA) is 43.6 Å². The maximum absolute atomic E-state index is 5.65. The Morgan fingerprint density at radius 1 is 1.31 bits per heavy atom. The van der Waals surface area contributed by atoms with Crippen LogP contribution in [0.4, 0.5) is 0 Å². The molecule has 2 heterocycles. The lowest BCUT2D eigenvalue weighted by atomic mass is 10.3. The van der Waals surface area contributed by atoms with Crippen LogP contribution in [0.25, 0.3) is 11.4 Å². The van der Waals surface area contributed by atoms with E-state index in [4.69, 9.17) is 11.6 Å².